The molecule has 1 amide bonds. The lowest BCUT2D eigenvalue weighted by atomic mass is 10.1. The summed E-state index contributed by atoms with van der Waals surface area (Å²) >= 11 is 1.65. The predicted molar refractivity (Wildman–Crippen MR) is 72.9 cm³/mol. The molecule has 1 atom stereocenters. The molecule has 0 aliphatic heterocycles. The van der Waals surface area contributed by atoms with Crippen LogP contribution in [0.25, 0.3) is 0 Å². The highest BCUT2D eigenvalue weighted by molar-refractivity contribution is 7.12. The molecule has 0 saturated carbocycles. The maximum Gasteiger partial charge on any atom is 0.252 e. The number of thiophene rings is 1. The number of nitrogens with one attached hydrogen (secondary N) is 2. The van der Waals surface area contributed by atoms with Crippen molar-refractivity contribution < 1.29 is 4.79 Å². The van der Waals surface area contributed by atoms with E-state index in [0.717, 1.165) is 27.6 Å². The minimum Gasteiger partial charge on any atom is -0.347 e. The fraction of sp³-hybridized carbons (Fsp3) is 0.385. The second kappa shape index (κ2) is 5.35. The Morgan fingerprint density at radius 3 is 2.83 bits per heavy atom. The summed E-state index contributed by atoms with van der Waals surface area (Å²) in [6.45, 7) is 6.01. The second-order valence-corrected chi connectivity index (χ2v) is 5.70. The molecule has 1 unspecified atom stereocenters. The van der Waals surface area contributed by atoms with Gasteiger partial charge in [-0.1, -0.05) is 6.92 Å². The van der Waals surface area contributed by atoms with Crippen molar-refractivity contribution in [3.63, 3.8) is 0 Å². The molecular formula is C13H17N3OS. The predicted octanol–water partition coefficient (Wildman–Crippen LogP) is 2.97. The first-order chi connectivity index (χ1) is 8.61. The number of amides is 1. The molecule has 5 heteroatoms. The lowest BCUT2D eigenvalue weighted by molar-refractivity contribution is 0.0933. The molecule has 0 aliphatic rings. The number of H-pyrrole nitrogens is 1. The van der Waals surface area contributed by atoms with E-state index in [9.17, 15) is 4.79 Å². The van der Waals surface area contributed by atoms with Gasteiger partial charge >= 0.3 is 0 Å². The van der Waals surface area contributed by atoms with E-state index in [1.807, 2.05) is 26.8 Å². The molecule has 96 valence electrons. The molecule has 0 spiro atoms. The standard InChI is InChI=1S/C13H17N3OS/c1-4-11(12-14-5-6-15-12)16-13(17)10-7-8(2)18-9(10)3/h5-7,11H,4H2,1-3H3,(H,14,15)(H,16,17). The Morgan fingerprint density at radius 1 is 1.56 bits per heavy atom. The summed E-state index contributed by atoms with van der Waals surface area (Å²) < 4.78 is 0. The van der Waals surface area contributed by atoms with Gasteiger partial charge in [0.25, 0.3) is 5.91 Å². The molecule has 0 fully saturated rings. The average Bonchev–Trinajstić information content (AvgIpc) is 2.95. The van der Waals surface area contributed by atoms with Crippen molar-refractivity contribution in [3.8, 4) is 0 Å². The average molecular weight is 263 g/mol. The summed E-state index contributed by atoms with van der Waals surface area (Å²) in [5, 5.41) is 3.01. The number of nitrogens with zero attached hydrogens (tertiary/aromatic N) is 1. The van der Waals surface area contributed by atoms with Crippen LogP contribution in [0.2, 0.25) is 0 Å². The molecule has 0 radical (unpaired) electrons. The Balaban J connectivity index is 2.13. The number of hydrogen-bond acceptors (Lipinski definition) is 3. The van der Waals surface area contributed by atoms with Gasteiger partial charge in [-0.15, -0.1) is 11.3 Å². The Bertz CT molecular complexity index is 530. The van der Waals surface area contributed by atoms with Crippen molar-refractivity contribution in [1.82, 2.24) is 15.3 Å². The van der Waals surface area contributed by atoms with Crippen LogP contribution in [-0.2, 0) is 0 Å². The topological polar surface area (TPSA) is 57.8 Å². The number of aromatic amines is 1. The van der Waals surface area contributed by atoms with Crippen molar-refractivity contribution in [2.75, 3.05) is 0 Å². The van der Waals surface area contributed by atoms with Gasteiger partial charge in [-0.05, 0) is 26.3 Å². The summed E-state index contributed by atoms with van der Waals surface area (Å²) in [6, 6.07) is 1.87. The number of aryl methyl sites for hydroxylation is 2. The number of aromatic nitrogens is 2. The van der Waals surface area contributed by atoms with E-state index in [0.29, 0.717) is 0 Å². The second-order valence-electron chi connectivity index (χ2n) is 4.24. The van der Waals surface area contributed by atoms with Gasteiger partial charge < -0.3 is 10.3 Å². The van der Waals surface area contributed by atoms with Crippen molar-refractivity contribution in [2.24, 2.45) is 0 Å². The first-order valence-corrected chi connectivity index (χ1v) is 6.80. The third-order valence-electron chi connectivity index (χ3n) is 2.85. The fourth-order valence-corrected chi connectivity index (χ4v) is 2.85. The lowest BCUT2D eigenvalue weighted by Crippen LogP contribution is -2.29. The van der Waals surface area contributed by atoms with Gasteiger partial charge in [0.1, 0.15) is 5.82 Å². The van der Waals surface area contributed by atoms with Crippen molar-refractivity contribution in [2.45, 2.75) is 33.2 Å². The van der Waals surface area contributed by atoms with Gasteiger partial charge in [-0.2, -0.15) is 0 Å². The molecule has 4 nitrogen and oxygen atoms in total. The van der Waals surface area contributed by atoms with Gasteiger partial charge in [0.15, 0.2) is 0 Å². The van der Waals surface area contributed by atoms with Crippen molar-refractivity contribution in [1.29, 1.82) is 0 Å². The molecule has 2 N–H and O–H groups in total. The van der Waals surface area contributed by atoms with E-state index in [4.69, 9.17) is 0 Å². The zero-order valence-electron chi connectivity index (χ0n) is 10.8. The van der Waals surface area contributed by atoms with E-state index in [2.05, 4.69) is 15.3 Å². The van der Waals surface area contributed by atoms with Crippen LogP contribution in [0.15, 0.2) is 18.5 Å². The zero-order valence-corrected chi connectivity index (χ0v) is 11.6. The Hall–Kier alpha value is -1.62. The number of carbonyl (C=O) groups excluding carboxylic acids is 1. The van der Waals surface area contributed by atoms with Crippen LogP contribution in [0, 0.1) is 13.8 Å². The third-order valence-corrected chi connectivity index (χ3v) is 3.81. The third kappa shape index (κ3) is 2.61. The summed E-state index contributed by atoms with van der Waals surface area (Å²) in [7, 11) is 0. The summed E-state index contributed by atoms with van der Waals surface area (Å²) in [5.74, 6) is 0.774. The minimum absolute atomic E-state index is 0.0277. The summed E-state index contributed by atoms with van der Waals surface area (Å²) in [6.07, 6.45) is 4.27. The van der Waals surface area contributed by atoms with Crippen LogP contribution in [0.3, 0.4) is 0 Å². The Morgan fingerprint density at radius 2 is 2.33 bits per heavy atom. The van der Waals surface area contributed by atoms with Crippen LogP contribution in [-0.4, -0.2) is 15.9 Å². The van der Waals surface area contributed by atoms with Crippen LogP contribution < -0.4 is 5.32 Å². The van der Waals surface area contributed by atoms with Gasteiger partial charge in [-0.3, -0.25) is 4.79 Å². The van der Waals surface area contributed by atoms with Gasteiger partial charge in [0.2, 0.25) is 0 Å². The fourth-order valence-electron chi connectivity index (χ4n) is 1.92. The van der Waals surface area contributed by atoms with Gasteiger partial charge in [0, 0.05) is 22.1 Å². The highest BCUT2D eigenvalue weighted by Gasteiger charge is 2.18. The lowest BCUT2D eigenvalue weighted by Gasteiger charge is -2.14. The van der Waals surface area contributed by atoms with Crippen LogP contribution in [0.4, 0.5) is 0 Å². The number of rotatable bonds is 4. The van der Waals surface area contributed by atoms with E-state index in [1.165, 1.54) is 0 Å². The molecule has 2 heterocycles. The first kappa shape index (κ1) is 12.8. The van der Waals surface area contributed by atoms with E-state index < -0.39 is 0 Å². The van der Waals surface area contributed by atoms with E-state index in [-0.39, 0.29) is 11.9 Å². The van der Waals surface area contributed by atoms with E-state index >= 15 is 0 Å². The molecule has 0 saturated heterocycles. The smallest absolute Gasteiger partial charge is 0.252 e. The van der Waals surface area contributed by atoms with Gasteiger partial charge in [0.05, 0.1) is 11.6 Å². The molecule has 0 aliphatic carbocycles. The normalized spacial score (nSPS) is 12.4. The number of carbonyl (C=O) groups is 1. The molecule has 18 heavy (non-hydrogen) atoms. The maximum atomic E-state index is 12.2. The molecule has 0 bridgehead atoms. The van der Waals surface area contributed by atoms with Crippen LogP contribution in [0.1, 0.15) is 45.3 Å². The van der Waals surface area contributed by atoms with Crippen LogP contribution in [0.5, 0.6) is 0 Å². The highest BCUT2D eigenvalue weighted by atomic mass is 32.1. The molecule has 0 aromatic carbocycles. The van der Waals surface area contributed by atoms with Crippen molar-refractivity contribution in [3.05, 3.63) is 39.6 Å². The monoisotopic (exact) mass is 263 g/mol. The SMILES string of the molecule is CCC(NC(=O)c1cc(C)sc1C)c1ncc[nH]1. The minimum atomic E-state index is -0.0629. The van der Waals surface area contributed by atoms with E-state index in [1.54, 1.807) is 23.7 Å². The molecule has 2 aromatic rings. The highest BCUT2D eigenvalue weighted by Crippen LogP contribution is 2.21. The molecule has 2 aromatic heterocycles. The maximum absolute atomic E-state index is 12.2. The largest absolute Gasteiger partial charge is 0.347 e. The summed E-state index contributed by atoms with van der Waals surface area (Å²) in [4.78, 5) is 21.6. The number of hydrogen-bond donors (Lipinski definition) is 2. The zero-order chi connectivity index (χ0) is 13.1. The first-order valence-electron chi connectivity index (χ1n) is 5.99. The Kier molecular flexibility index (Phi) is 3.81. The quantitative estimate of drug-likeness (QED) is 0.891. The Labute approximate surface area is 110 Å². The molecular weight excluding hydrogens is 246 g/mol. The summed E-state index contributed by atoms with van der Waals surface area (Å²) in [5.41, 5.74) is 0.766. The van der Waals surface area contributed by atoms with Gasteiger partial charge in [-0.25, -0.2) is 4.98 Å². The van der Waals surface area contributed by atoms with Crippen LogP contribution >= 0.6 is 11.3 Å². The molecule has 2 rings (SSSR count). The van der Waals surface area contributed by atoms with Crippen molar-refractivity contribution >= 4 is 17.2 Å². The number of imidazole rings is 1.